The summed E-state index contributed by atoms with van der Waals surface area (Å²) in [6, 6.07) is -0.661. The standard InChI is InChI=1S/C12H22N2O4/c1-4-6-13(7-8-15)12(18)14(5-2)10(3)9-11(16)17/h4,10,15H,1,5-9H2,2-3H3,(H,16,17). The highest BCUT2D eigenvalue weighted by atomic mass is 16.4. The van der Waals surface area contributed by atoms with Gasteiger partial charge < -0.3 is 20.0 Å². The molecule has 0 fully saturated rings. The molecule has 0 rings (SSSR count). The molecule has 6 heteroatoms. The van der Waals surface area contributed by atoms with Crippen LogP contribution < -0.4 is 0 Å². The Morgan fingerprint density at radius 1 is 1.44 bits per heavy atom. The van der Waals surface area contributed by atoms with Gasteiger partial charge in [0.2, 0.25) is 0 Å². The Balaban J connectivity index is 4.73. The van der Waals surface area contributed by atoms with Crippen LogP contribution in [0.2, 0.25) is 0 Å². The van der Waals surface area contributed by atoms with E-state index in [-0.39, 0.29) is 31.6 Å². The van der Waals surface area contributed by atoms with E-state index >= 15 is 0 Å². The van der Waals surface area contributed by atoms with Crippen LogP contribution in [0.5, 0.6) is 0 Å². The van der Waals surface area contributed by atoms with Crippen molar-refractivity contribution in [1.82, 2.24) is 9.80 Å². The van der Waals surface area contributed by atoms with E-state index < -0.39 is 5.97 Å². The summed E-state index contributed by atoms with van der Waals surface area (Å²) in [5.74, 6) is -0.939. The fraction of sp³-hybridized carbons (Fsp3) is 0.667. The minimum atomic E-state index is -0.939. The van der Waals surface area contributed by atoms with Crippen LogP contribution in [0, 0.1) is 0 Å². The molecule has 0 aliphatic heterocycles. The van der Waals surface area contributed by atoms with Gasteiger partial charge in [0.05, 0.1) is 13.0 Å². The maximum Gasteiger partial charge on any atom is 0.320 e. The highest BCUT2D eigenvalue weighted by Gasteiger charge is 2.24. The Morgan fingerprint density at radius 3 is 2.44 bits per heavy atom. The number of nitrogens with zero attached hydrogens (tertiary/aromatic N) is 2. The van der Waals surface area contributed by atoms with Crippen LogP contribution in [0.15, 0.2) is 12.7 Å². The van der Waals surface area contributed by atoms with E-state index in [0.29, 0.717) is 13.1 Å². The van der Waals surface area contributed by atoms with E-state index in [1.807, 2.05) is 0 Å². The molecule has 104 valence electrons. The number of carboxylic acid groups (broad SMARTS) is 1. The average Bonchev–Trinajstić information content (AvgIpc) is 2.28. The van der Waals surface area contributed by atoms with Crippen LogP contribution in [0.25, 0.3) is 0 Å². The van der Waals surface area contributed by atoms with Crippen LogP contribution in [-0.2, 0) is 4.79 Å². The van der Waals surface area contributed by atoms with Crippen molar-refractivity contribution in [2.24, 2.45) is 0 Å². The average molecular weight is 258 g/mol. The van der Waals surface area contributed by atoms with E-state index in [2.05, 4.69) is 6.58 Å². The zero-order valence-corrected chi connectivity index (χ0v) is 11.0. The minimum absolute atomic E-state index is 0.0966. The fourth-order valence-corrected chi connectivity index (χ4v) is 1.72. The molecule has 2 amide bonds. The summed E-state index contributed by atoms with van der Waals surface area (Å²) in [6.07, 6.45) is 1.48. The van der Waals surface area contributed by atoms with Crippen molar-refractivity contribution in [2.45, 2.75) is 26.3 Å². The third-order valence-electron chi connectivity index (χ3n) is 2.58. The quantitative estimate of drug-likeness (QED) is 0.630. The monoisotopic (exact) mass is 258 g/mol. The molecule has 0 aromatic carbocycles. The van der Waals surface area contributed by atoms with Crippen molar-refractivity contribution < 1.29 is 19.8 Å². The molecule has 0 aliphatic carbocycles. The molecule has 1 atom stereocenters. The number of aliphatic carboxylic acids is 1. The van der Waals surface area contributed by atoms with Crippen LogP contribution in [-0.4, -0.2) is 64.3 Å². The smallest absolute Gasteiger partial charge is 0.320 e. The van der Waals surface area contributed by atoms with Gasteiger partial charge in [0.25, 0.3) is 0 Å². The van der Waals surface area contributed by atoms with Crippen molar-refractivity contribution in [1.29, 1.82) is 0 Å². The maximum absolute atomic E-state index is 12.2. The summed E-state index contributed by atoms with van der Waals surface area (Å²) in [5, 5.41) is 17.7. The summed E-state index contributed by atoms with van der Waals surface area (Å²) < 4.78 is 0. The van der Waals surface area contributed by atoms with Gasteiger partial charge in [-0.05, 0) is 13.8 Å². The van der Waals surface area contributed by atoms with Gasteiger partial charge in [0.15, 0.2) is 0 Å². The normalized spacial score (nSPS) is 11.7. The topological polar surface area (TPSA) is 81.1 Å². The van der Waals surface area contributed by atoms with Crippen LogP contribution in [0.1, 0.15) is 20.3 Å². The van der Waals surface area contributed by atoms with E-state index in [0.717, 1.165) is 0 Å². The molecule has 0 radical (unpaired) electrons. The Kier molecular flexibility index (Phi) is 7.78. The van der Waals surface area contributed by atoms with Crippen molar-refractivity contribution in [3.63, 3.8) is 0 Å². The van der Waals surface area contributed by atoms with Gasteiger partial charge in [-0.25, -0.2) is 4.79 Å². The highest BCUT2D eigenvalue weighted by Crippen LogP contribution is 2.08. The minimum Gasteiger partial charge on any atom is -0.481 e. The maximum atomic E-state index is 12.2. The van der Waals surface area contributed by atoms with Crippen LogP contribution in [0.4, 0.5) is 4.79 Å². The highest BCUT2D eigenvalue weighted by molar-refractivity contribution is 5.76. The molecule has 0 aromatic rings. The molecule has 0 aromatic heterocycles. The second kappa shape index (κ2) is 8.52. The fourth-order valence-electron chi connectivity index (χ4n) is 1.72. The Bertz CT molecular complexity index is 294. The molecule has 1 unspecified atom stereocenters. The van der Waals surface area contributed by atoms with Gasteiger partial charge in [-0.15, -0.1) is 6.58 Å². The van der Waals surface area contributed by atoms with E-state index in [1.54, 1.807) is 19.9 Å². The lowest BCUT2D eigenvalue weighted by molar-refractivity contribution is -0.138. The molecule has 0 bridgehead atoms. The van der Waals surface area contributed by atoms with Crippen molar-refractivity contribution in [3.05, 3.63) is 12.7 Å². The molecule has 0 spiro atoms. The summed E-state index contributed by atoms with van der Waals surface area (Å²) >= 11 is 0. The number of aliphatic hydroxyl groups is 1. The van der Waals surface area contributed by atoms with Gasteiger partial charge in [0.1, 0.15) is 0 Å². The van der Waals surface area contributed by atoms with E-state index in [1.165, 1.54) is 9.80 Å². The lowest BCUT2D eigenvalue weighted by Gasteiger charge is -2.32. The Hall–Kier alpha value is -1.56. The molecule has 0 saturated heterocycles. The third kappa shape index (κ3) is 5.18. The lowest BCUT2D eigenvalue weighted by Crippen LogP contribution is -2.48. The number of carbonyl (C=O) groups excluding carboxylic acids is 1. The molecular weight excluding hydrogens is 236 g/mol. The summed E-state index contributed by atoms with van der Waals surface area (Å²) in [4.78, 5) is 25.8. The predicted molar refractivity (Wildman–Crippen MR) is 68.3 cm³/mol. The zero-order chi connectivity index (χ0) is 14.1. The number of carbonyl (C=O) groups is 2. The van der Waals surface area contributed by atoms with Crippen LogP contribution >= 0.6 is 0 Å². The first-order chi connectivity index (χ1) is 8.47. The largest absolute Gasteiger partial charge is 0.481 e. The number of amides is 2. The Morgan fingerprint density at radius 2 is 2.06 bits per heavy atom. The molecule has 18 heavy (non-hydrogen) atoms. The van der Waals surface area contributed by atoms with Crippen molar-refractivity contribution >= 4 is 12.0 Å². The molecule has 0 heterocycles. The zero-order valence-electron chi connectivity index (χ0n) is 11.0. The first-order valence-electron chi connectivity index (χ1n) is 5.96. The van der Waals surface area contributed by atoms with Crippen molar-refractivity contribution in [3.8, 4) is 0 Å². The first kappa shape index (κ1) is 16.4. The molecule has 6 nitrogen and oxygen atoms in total. The number of hydrogen-bond donors (Lipinski definition) is 2. The number of carboxylic acids is 1. The number of aliphatic hydroxyl groups excluding tert-OH is 1. The Labute approximate surface area is 107 Å². The van der Waals surface area contributed by atoms with Gasteiger partial charge >= 0.3 is 12.0 Å². The molecule has 0 aliphatic rings. The number of urea groups is 1. The SMILES string of the molecule is C=CCN(CCO)C(=O)N(CC)C(C)CC(=O)O. The van der Waals surface area contributed by atoms with E-state index in [4.69, 9.17) is 10.2 Å². The first-order valence-corrected chi connectivity index (χ1v) is 5.96. The summed E-state index contributed by atoms with van der Waals surface area (Å²) in [7, 11) is 0. The van der Waals surface area contributed by atoms with Gasteiger partial charge in [0, 0.05) is 25.7 Å². The second-order valence-electron chi connectivity index (χ2n) is 3.97. The summed E-state index contributed by atoms with van der Waals surface area (Å²) in [5.41, 5.74) is 0. The van der Waals surface area contributed by atoms with Gasteiger partial charge in [-0.1, -0.05) is 6.08 Å². The number of rotatable bonds is 8. The van der Waals surface area contributed by atoms with Gasteiger partial charge in [-0.2, -0.15) is 0 Å². The lowest BCUT2D eigenvalue weighted by atomic mass is 10.2. The van der Waals surface area contributed by atoms with Gasteiger partial charge in [-0.3, -0.25) is 4.79 Å². The van der Waals surface area contributed by atoms with Crippen molar-refractivity contribution in [2.75, 3.05) is 26.2 Å². The predicted octanol–water partition coefficient (Wildman–Crippen LogP) is 0.772. The molecule has 0 saturated carbocycles. The molecule has 2 N–H and O–H groups in total. The summed E-state index contributed by atoms with van der Waals surface area (Å²) in [6.45, 7) is 7.87. The third-order valence-corrected chi connectivity index (χ3v) is 2.58. The number of hydrogen-bond acceptors (Lipinski definition) is 3. The second-order valence-corrected chi connectivity index (χ2v) is 3.97. The van der Waals surface area contributed by atoms with Crippen LogP contribution in [0.3, 0.4) is 0 Å². The van der Waals surface area contributed by atoms with E-state index in [9.17, 15) is 9.59 Å². The molecular formula is C12H22N2O4.